The maximum atomic E-state index is 13.0. The zero-order valence-corrected chi connectivity index (χ0v) is 13.3. The minimum atomic E-state index is -4.34. The van der Waals surface area contributed by atoms with Gasteiger partial charge in [0.1, 0.15) is 5.65 Å². The van der Waals surface area contributed by atoms with E-state index in [-0.39, 0.29) is 5.92 Å². The predicted molar refractivity (Wildman–Crippen MR) is 82.4 cm³/mol. The van der Waals surface area contributed by atoms with Crippen molar-refractivity contribution in [3.05, 3.63) is 35.3 Å². The van der Waals surface area contributed by atoms with Gasteiger partial charge >= 0.3 is 6.18 Å². The fraction of sp³-hybridized carbons (Fsp3) is 0.562. The summed E-state index contributed by atoms with van der Waals surface area (Å²) in [5.41, 5.74) is 1.68. The number of pyridine rings is 1. The van der Waals surface area contributed by atoms with E-state index in [9.17, 15) is 13.2 Å². The molecule has 23 heavy (non-hydrogen) atoms. The van der Waals surface area contributed by atoms with Crippen LogP contribution in [0.4, 0.5) is 13.2 Å². The largest absolute Gasteiger partial charge is 0.417 e. The Balaban J connectivity index is 2.05. The number of imidazole rings is 1. The summed E-state index contributed by atoms with van der Waals surface area (Å²) >= 11 is 0. The van der Waals surface area contributed by atoms with Crippen LogP contribution >= 0.6 is 0 Å². The fourth-order valence-corrected chi connectivity index (χ4v) is 2.98. The van der Waals surface area contributed by atoms with Gasteiger partial charge in [-0.05, 0) is 18.1 Å². The maximum absolute atomic E-state index is 13.0. The summed E-state index contributed by atoms with van der Waals surface area (Å²) in [4.78, 5) is 6.81. The summed E-state index contributed by atoms with van der Waals surface area (Å²) in [6.07, 6.45) is -3.17. The molecule has 0 aromatic carbocycles. The second-order valence-corrected chi connectivity index (χ2v) is 6.27. The van der Waals surface area contributed by atoms with Crippen LogP contribution in [0, 0.1) is 0 Å². The number of fused-ring (bicyclic) bond motifs is 1. The molecule has 1 fully saturated rings. The van der Waals surface area contributed by atoms with Crippen LogP contribution in [-0.4, -0.2) is 40.5 Å². The Labute approximate surface area is 133 Å². The molecule has 0 atom stereocenters. The van der Waals surface area contributed by atoms with Crippen molar-refractivity contribution < 1.29 is 13.2 Å². The first kappa shape index (κ1) is 16.3. The van der Waals surface area contributed by atoms with Crippen LogP contribution in [0.15, 0.2) is 18.3 Å². The zero-order valence-electron chi connectivity index (χ0n) is 13.3. The molecule has 1 aliphatic rings. The van der Waals surface area contributed by atoms with Gasteiger partial charge in [0.2, 0.25) is 0 Å². The average molecular weight is 326 g/mol. The fourth-order valence-electron chi connectivity index (χ4n) is 2.98. The summed E-state index contributed by atoms with van der Waals surface area (Å²) in [5.74, 6) is 0.169. The lowest BCUT2D eigenvalue weighted by Gasteiger charge is -2.27. The van der Waals surface area contributed by atoms with E-state index >= 15 is 0 Å². The summed E-state index contributed by atoms with van der Waals surface area (Å²) in [7, 11) is 0. The van der Waals surface area contributed by atoms with Crippen LogP contribution in [0.25, 0.3) is 5.65 Å². The van der Waals surface area contributed by atoms with Gasteiger partial charge in [-0.2, -0.15) is 13.2 Å². The molecule has 0 spiro atoms. The summed E-state index contributed by atoms with van der Waals surface area (Å²) in [5, 5.41) is 3.29. The van der Waals surface area contributed by atoms with E-state index in [2.05, 4.69) is 15.2 Å². The highest BCUT2D eigenvalue weighted by Crippen LogP contribution is 2.31. The Hall–Kier alpha value is -1.60. The summed E-state index contributed by atoms with van der Waals surface area (Å²) in [6.45, 7) is 8.26. The third-order valence-corrected chi connectivity index (χ3v) is 4.21. The van der Waals surface area contributed by atoms with Crippen molar-refractivity contribution in [3.8, 4) is 0 Å². The standard InChI is InChI=1S/C16H21F3N4/c1-11(2)15-13(10-22-7-5-20-6-8-22)23-9-12(16(17,18)19)3-4-14(23)21-15/h3-4,9,11,20H,5-8,10H2,1-2H3. The topological polar surface area (TPSA) is 32.6 Å². The normalized spacial score (nSPS) is 17.3. The second kappa shape index (κ2) is 6.13. The molecule has 1 aliphatic heterocycles. The Morgan fingerprint density at radius 2 is 1.91 bits per heavy atom. The van der Waals surface area contributed by atoms with Crippen LogP contribution in [0.5, 0.6) is 0 Å². The molecule has 3 rings (SSSR count). The number of aromatic nitrogens is 2. The van der Waals surface area contributed by atoms with Gasteiger partial charge in [0.15, 0.2) is 0 Å². The number of nitrogens with zero attached hydrogens (tertiary/aromatic N) is 3. The first-order chi connectivity index (χ1) is 10.9. The van der Waals surface area contributed by atoms with E-state index < -0.39 is 11.7 Å². The van der Waals surface area contributed by atoms with E-state index in [1.54, 1.807) is 4.40 Å². The van der Waals surface area contributed by atoms with Gasteiger partial charge in [0.25, 0.3) is 0 Å². The quantitative estimate of drug-likeness (QED) is 0.941. The molecule has 3 heterocycles. The van der Waals surface area contributed by atoms with Crippen LogP contribution in [0.3, 0.4) is 0 Å². The predicted octanol–water partition coefficient (Wildman–Crippen LogP) is 2.88. The molecule has 2 aromatic rings. The molecule has 0 amide bonds. The molecule has 1 N–H and O–H groups in total. The van der Waals surface area contributed by atoms with Crippen molar-refractivity contribution in [3.63, 3.8) is 0 Å². The van der Waals surface area contributed by atoms with Gasteiger partial charge in [-0.3, -0.25) is 4.90 Å². The number of piperazine rings is 1. The second-order valence-electron chi connectivity index (χ2n) is 6.27. The van der Waals surface area contributed by atoms with Crippen LogP contribution in [0.2, 0.25) is 0 Å². The lowest BCUT2D eigenvalue weighted by atomic mass is 10.1. The summed E-state index contributed by atoms with van der Waals surface area (Å²) in [6, 6.07) is 2.55. The van der Waals surface area contributed by atoms with Crippen molar-refractivity contribution in [2.24, 2.45) is 0 Å². The minimum Gasteiger partial charge on any atom is -0.314 e. The zero-order chi connectivity index (χ0) is 16.6. The monoisotopic (exact) mass is 326 g/mol. The molecule has 0 aliphatic carbocycles. The molecular weight excluding hydrogens is 305 g/mol. The van der Waals surface area contributed by atoms with Gasteiger partial charge < -0.3 is 9.72 Å². The van der Waals surface area contributed by atoms with E-state index in [0.717, 1.165) is 43.6 Å². The molecule has 1 saturated heterocycles. The highest BCUT2D eigenvalue weighted by Gasteiger charge is 2.31. The van der Waals surface area contributed by atoms with Crippen molar-refractivity contribution in [1.29, 1.82) is 0 Å². The molecular formula is C16H21F3N4. The SMILES string of the molecule is CC(C)c1nc2ccc(C(F)(F)F)cn2c1CN1CCNCC1. The maximum Gasteiger partial charge on any atom is 0.417 e. The smallest absolute Gasteiger partial charge is 0.314 e. The molecule has 7 heteroatoms. The Morgan fingerprint density at radius 3 is 2.52 bits per heavy atom. The first-order valence-corrected chi connectivity index (χ1v) is 7.87. The van der Waals surface area contributed by atoms with Crippen molar-refractivity contribution in [2.45, 2.75) is 32.5 Å². The lowest BCUT2D eigenvalue weighted by Crippen LogP contribution is -2.43. The van der Waals surface area contributed by atoms with Gasteiger partial charge in [0.05, 0.1) is 17.0 Å². The van der Waals surface area contributed by atoms with Gasteiger partial charge in [-0.25, -0.2) is 4.98 Å². The average Bonchev–Trinajstić information content (AvgIpc) is 2.86. The molecule has 0 bridgehead atoms. The van der Waals surface area contributed by atoms with Crippen molar-refractivity contribution in [1.82, 2.24) is 19.6 Å². The third kappa shape index (κ3) is 3.35. The highest BCUT2D eigenvalue weighted by molar-refractivity contribution is 5.46. The van der Waals surface area contributed by atoms with E-state index in [1.165, 1.54) is 12.3 Å². The van der Waals surface area contributed by atoms with Gasteiger partial charge in [-0.1, -0.05) is 13.8 Å². The Kier molecular flexibility index (Phi) is 4.33. The first-order valence-electron chi connectivity index (χ1n) is 7.87. The molecule has 126 valence electrons. The number of hydrogen-bond donors (Lipinski definition) is 1. The van der Waals surface area contributed by atoms with Crippen molar-refractivity contribution >= 4 is 5.65 Å². The Bertz CT molecular complexity index is 684. The van der Waals surface area contributed by atoms with E-state index in [0.29, 0.717) is 12.2 Å². The van der Waals surface area contributed by atoms with Crippen molar-refractivity contribution in [2.75, 3.05) is 26.2 Å². The van der Waals surface area contributed by atoms with E-state index in [4.69, 9.17) is 0 Å². The Morgan fingerprint density at radius 1 is 1.22 bits per heavy atom. The number of rotatable bonds is 3. The molecule has 2 aromatic heterocycles. The number of hydrogen-bond acceptors (Lipinski definition) is 3. The molecule has 0 unspecified atom stereocenters. The van der Waals surface area contributed by atoms with E-state index in [1.807, 2.05) is 13.8 Å². The minimum absolute atomic E-state index is 0.169. The molecule has 4 nitrogen and oxygen atoms in total. The third-order valence-electron chi connectivity index (χ3n) is 4.21. The number of alkyl halides is 3. The van der Waals surface area contributed by atoms with Crippen LogP contribution in [0.1, 0.15) is 36.7 Å². The lowest BCUT2D eigenvalue weighted by molar-refractivity contribution is -0.137. The van der Waals surface area contributed by atoms with Crippen LogP contribution in [-0.2, 0) is 12.7 Å². The van der Waals surface area contributed by atoms with Gasteiger partial charge in [-0.15, -0.1) is 0 Å². The molecule has 0 saturated carbocycles. The number of halogens is 3. The van der Waals surface area contributed by atoms with Crippen LogP contribution < -0.4 is 5.32 Å². The molecule has 0 radical (unpaired) electrons. The highest BCUT2D eigenvalue weighted by atomic mass is 19.4. The van der Waals surface area contributed by atoms with Gasteiger partial charge in [0, 0.05) is 38.9 Å². The summed E-state index contributed by atoms with van der Waals surface area (Å²) < 4.78 is 40.7. The number of nitrogens with one attached hydrogen (secondary N) is 1.